The molecule has 8 heteroatoms. The number of nitrogens with zero attached hydrogens (tertiary/aromatic N) is 2. The van der Waals surface area contributed by atoms with Gasteiger partial charge in [0.05, 0.1) is 36.3 Å². The second-order valence-electron chi connectivity index (χ2n) is 7.24. The molecule has 7 nitrogen and oxygen atoms in total. The first-order valence-electron chi connectivity index (χ1n) is 10.2. The number of rotatable bonds is 10. The molecule has 162 valence electrons. The van der Waals surface area contributed by atoms with Gasteiger partial charge in [0.15, 0.2) is 0 Å². The Bertz CT molecular complexity index is 1000. The Morgan fingerprint density at radius 3 is 2.70 bits per heavy atom. The summed E-state index contributed by atoms with van der Waals surface area (Å²) in [6.07, 6.45) is 1.35. The Morgan fingerprint density at radius 1 is 1.27 bits per heavy atom. The van der Waals surface area contributed by atoms with E-state index < -0.39 is 10.0 Å². The summed E-state index contributed by atoms with van der Waals surface area (Å²) in [5.74, 6) is -0.242. The minimum Gasteiger partial charge on any atom is -0.466 e. The van der Waals surface area contributed by atoms with Crippen LogP contribution in [0.5, 0.6) is 0 Å². The van der Waals surface area contributed by atoms with Crippen LogP contribution in [-0.4, -0.2) is 56.6 Å². The molecule has 0 unspecified atom stereocenters. The van der Waals surface area contributed by atoms with Crippen LogP contribution in [0.4, 0.5) is 0 Å². The fourth-order valence-corrected chi connectivity index (χ4v) is 4.71. The summed E-state index contributed by atoms with van der Waals surface area (Å²) in [6.45, 7) is 5.05. The lowest BCUT2D eigenvalue weighted by atomic mass is 10.1. The van der Waals surface area contributed by atoms with E-state index in [4.69, 9.17) is 9.47 Å². The maximum absolute atomic E-state index is 13.0. The number of pyridine rings is 1. The first kappa shape index (κ1) is 22.4. The first-order chi connectivity index (χ1) is 14.3. The van der Waals surface area contributed by atoms with Crippen LogP contribution < -0.4 is 0 Å². The zero-order chi connectivity index (χ0) is 21.7. The predicted molar refractivity (Wildman–Crippen MR) is 114 cm³/mol. The third-order valence-corrected chi connectivity index (χ3v) is 6.91. The molecule has 0 saturated carbocycles. The summed E-state index contributed by atoms with van der Waals surface area (Å²) >= 11 is 0. The molecule has 1 aliphatic heterocycles. The van der Waals surface area contributed by atoms with E-state index in [-0.39, 0.29) is 18.5 Å². The van der Waals surface area contributed by atoms with Crippen molar-refractivity contribution in [2.24, 2.45) is 0 Å². The van der Waals surface area contributed by atoms with Gasteiger partial charge in [-0.1, -0.05) is 19.1 Å². The molecular weight excluding hydrogens is 404 g/mol. The summed E-state index contributed by atoms with van der Waals surface area (Å²) in [6, 6.07) is 11.0. The Hall–Kier alpha value is -2.29. The van der Waals surface area contributed by atoms with Crippen LogP contribution in [0.1, 0.15) is 31.5 Å². The van der Waals surface area contributed by atoms with Gasteiger partial charge in [-0.25, -0.2) is 8.42 Å². The maximum Gasteiger partial charge on any atom is 0.306 e. The van der Waals surface area contributed by atoms with Gasteiger partial charge in [0, 0.05) is 31.3 Å². The van der Waals surface area contributed by atoms with E-state index in [9.17, 15) is 13.2 Å². The first-order valence-corrected chi connectivity index (χ1v) is 11.6. The average molecular weight is 433 g/mol. The number of sulfonamides is 1. The van der Waals surface area contributed by atoms with E-state index in [0.29, 0.717) is 37.5 Å². The molecule has 1 fully saturated rings. The van der Waals surface area contributed by atoms with Gasteiger partial charge in [-0.05, 0) is 43.2 Å². The predicted octanol–water partition coefficient (Wildman–Crippen LogP) is 2.83. The van der Waals surface area contributed by atoms with Crippen molar-refractivity contribution in [1.82, 2.24) is 9.29 Å². The topological polar surface area (TPSA) is 89.1 Å². The zero-order valence-corrected chi connectivity index (χ0v) is 18.4. The number of likely N-dealkylation sites (N-methyl/N-ethyl adjacent to an activating group) is 1. The van der Waals surface area contributed by atoms with E-state index in [1.807, 2.05) is 31.2 Å². The molecule has 0 spiro atoms. The van der Waals surface area contributed by atoms with Crippen molar-refractivity contribution in [1.29, 1.82) is 0 Å². The van der Waals surface area contributed by atoms with Crippen LogP contribution in [0.2, 0.25) is 0 Å². The Labute approximate surface area is 178 Å². The molecule has 2 aromatic rings. The number of hydrogen-bond acceptors (Lipinski definition) is 6. The SMILES string of the molecule is CCOC(=O)CCc1cccc(-c2ccc(S(=O)(=O)N(C)C[C@H]3CO3)c(CC)c2)n1. The largest absolute Gasteiger partial charge is 0.466 e. The van der Waals surface area contributed by atoms with Crippen molar-refractivity contribution >= 4 is 16.0 Å². The molecule has 1 saturated heterocycles. The number of carbonyl (C=O) groups excluding carboxylic acids is 1. The molecule has 0 N–H and O–H groups in total. The van der Waals surface area contributed by atoms with Gasteiger partial charge in [-0.2, -0.15) is 4.31 Å². The molecule has 1 aromatic heterocycles. The summed E-state index contributed by atoms with van der Waals surface area (Å²) < 4.78 is 37.5. The Balaban J connectivity index is 1.82. The van der Waals surface area contributed by atoms with Crippen LogP contribution in [0.25, 0.3) is 11.3 Å². The smallest absolute Gasteiger partial charge is 0.306 e. The van der Waals surface area contributed by atoms with Crippen LogP contribution >= 0.6 is 0 Å². The van der Waals surface area contributed by atoms with E-state index in [1.54, 1.807) is 26.1 Å². The zero-order valence-electron chi connectivity index (χ0n) is 17.6. The number of esters is 1. The Kier molecular flexibility index (Phi) is 7.23. The fourth-order valence-electron chi connectivity index (χ4n) is 3.24. The molecule has 1 atom stereocenters. The van der Waals surface area contributed by atoms with E-state index in [1.165, 1.54) is 4.31 Å². The number of carbonyl (C=O) groups is 1. The number of aryl methyl sites for hydroxylation is 2. The van der Waals surface area contributed by atoms with Crippen molar-refractivity contribution in [3.63, 3.8) is 0 Å². The number of ether oxygens (including phenoxy) is 2. The maximum atomic E-state index is 13.0. The normalized spacial score (nSPS) is 15.9. The lowest BCUT2D eigenvalue weighted by Gasteiger charge is -2.19. The van der Waals surface area contributed by atoms with Crippen LogP contribution in [0.15, 0.2) is 41.3 Å². The number of benzene rings is 1. The molecule has 1 aliphatic rings. The highest BCUT2D eigenvalue weighted by molar-refractivity contribution is 7.89. The molecule has 30 heavy (non-hydrogen) atoms. The summed E-state index contributed by atoms with van der Waals surface area (Å²) in [4.78, 5) is 16.5. The molecule has 3 rings (SSSR count). The third-order valence-electron chi connectivity index (χ3n) is 4.99. The minimum absolute atomic E-state index is 0.00401. The lowest BCUT2D eigenvalue weighted by molar-refractivity contribution is -0.143. The van der Waals surface area contributed by atoms with E-state index in [0.717, 1.165) is 22.5 Å². The highest BCUT2D eigenvalue weighted by atomic mass is 32.2. The van der Waals surface area contributed by atoms with Crippen molar-refractivity contribution < 1.29 is 22.7 Å². The molecule has 2 heterocycles. The van der Waals surface area contributed by atoms with Crippen LogP contribution in [-0.2, 0) is 37.1 Å². The lowest BCUT2D eigenvalue weighted by Crippen LogP contribution is -2.31. The van der Waals surface area contributed by atoms with Gasteiger partial charge in [0.2, 0.25) is 10.0 Å². The monoisotopic (exact) mass is 432 g/mol. The molecule has 0 radical (unpaired) electrons. The van der Waals surface area contributed by atoms with Gasteiger partial charge >= 0.3 is 5.97 Å². The molecule has 0 aliphatic carbocycles. The summed E-state index contributed by atoms with van der Waals surface area (Å²) in [5, 5.41) is 0. The van der Waals surface area contributed by atoms with Gasteiger partial charge in [-0.3, -0.25) is 9.78 Å². The average Bonchev–Trinajstić information content (AvgIpc) is 3.56. The van der Waals surface area contributed by atoms with Gasteiger partial charge in [0.25, 0.3) is 0 Å². The summed E-state index contributed by atoms with van der Waals surface area (Å²) in [7, 11) is -2.00. The van der Waals surface area contributed by atoms with Crippen LogP contribution in [0.3, 0.4) is 0 Å². The minimum atomic E-state index is -3.59. The van der Waals surface area contributed by atoms with Gasteiger partial charge in [0.1, 0.15) is 0 Å². The van der Waals surface area contributed by atoms with Gasteiger partial charge in [-0.15, -0.1) is 0 Å². The van der Waals surface area contributed by atoms with Crippen LogP contribution in [0, 0.1) is 0 Å². The van der Waals surface area contributed by atoms with Crippen molar-refractivity contribution in [2.75, 3.05) is 26.8 Å². The standard InChI is InChI=1S/C22H28N2O5S/c1-4-16-13-17(9-11-21(16)30(26,27)24(3)14-19-15-29-19)20-8-6-7-18(23-20)10-12-22(25)28-5-2/h6-9,11,13,19H,4-5,10,12,14-15H2,1-3H3/t19-/m0/s1. The Morgan fingerprint density at radius 2 is 2.03 bits per heavy atom. The third kappa shape index (κ3) is 5.44. The highest BCUT2D eigenvalue weighted by Crippen LogP contribution is 2.27. The van der Waals surface area contributed by atoms with Crippen molar-refractivity contribution in [3.05, 3.63) is 47.7 Å². The number of hydrogen-bond donors (Lipinski definition) is 0. The quantitative estimate of drug-likeness (QED) is 0.424. The van der Waals surface area contributed by atoms with E-state index in [2.05, 4.69) is 4.98 Å². The molecule has 0 bridgehead atoms. The van der Waals surface area contributed by atoms with Crippen molar-refractivity contribution in [2.45, 2.75) is 44.1 Å². The second-order valence-corrected chi connectivity index (χ2v) is 9.25. The van der Waals surface area contributed by atoms with Gasteiger partial charge < -0.3 is 9.47 Å². The van der Waals surface area contributed by atoms with Crippen molar-refractivity contribution in [3.8, 4) is 11.3 Å². The number of epoxide rings is 1. The fraction of sp³-hybridized carbons (Fsp3) is 0.455. The summed E-state index contributed by atoms with van der Waals surface area (Å²) in [5.41, 5.74) is 3.13. The molecular formula is C22H28N2O5S. The molecule has 1 aromatic carbocycles. The highest BCUT2D eigenvalue weighted by Gasteiger charge is 2.31. The molecule has 0 amide bonds. The number of aromatic nitrogens is 1. The second kappa shape index (κ2) is 9.68. The van der Waals surface area contributed by atoms with E-state index >= 15 is 0 Å².